The number of benzene rings is 1. The molecule has 5 nitrogen and oxygen atoms in total. The molecule has 0 unspecified atom stereocenters. The topological polar surface area (TPSA) is 66.5 Å². The molecule has 1 aliphatic rings. The van der Waals surface area contributed by atoms with Crippen molar-refractivity contribution in [2.75, 3.05) is 12.4 Å². The summed E-state index contributed by atoms with van der Waals surface area (Å²) in [6, 6.07) is 8.48. The van der Waals surface area contributed by atoms with E-state index in [9.17, 15) is 14.4 Å². The van der Waals surface area contributed by atoms with E-state index in [0.717, 1.165) is 13.6 Å². The maximum atomic E-state index is 11.9. The number of imide groups is 1. The van der Waals surface area contributed by atoms with E-state index in [2.05, 4.69) is 21.2 Å². The lowest BCUT2D eigenvalue weighted by Gasteiger charge is -2.03. The highest BCUT2D eigenvalue weighted by Crippen LogP contribution is 2.25. The molecule has 0 spiro atoms. The fourth-order valence-electron chi connectivity index (χ4n) is 2.20. The van der Waals surface area contributed by atoms with Crippen molar-refractivity contribution in [2.45, 2.75) is 0 Å². The van der Waals surface area contributed by atoms with Crippen LogP contribution in [0, 0.1) is 0 Å². The van der Waals surface area contributed by atoms with Gasteiger partial charge in [-0.2, -0.15) is 0 Å². The first-order chi connectivity index (χ1) is 11.0. The van der Waals surface area contributed by atoms with Crippen LogP contribution in [0.2, 0.25) is 0 Å². The lowest BCUT2D eigenvalue weighted by atomic mass is 10.1. The van der Waals surface area contributed by atoms with Gasteiger partial charge < -0.3 is 5.32 Å². The van der Waals surface area contributed by atoms with Gasteiger partial charge in [0.2, 0.25) is 5.91 Å². The minimum atomic E-state index is -0.361. The van der Waals surface area contributed by atoms with E-state index in [0.29, 0.717) is 16.8 Å². The average molecular weight is 391 g/mol. The molecule has 0 atom stereocenters. The van der Waals surface area contributed by atoms with Crippen molar-refractivity contribution in [2.24, 2.45) is 0 Å². The lowest BCUT2D eigenvalue weighted by Crippen LogP contribution is -2.24. The van der Waals surface area contributed by atoms with Crippen molar-refractivity contribution < 1.29 is 14.4 Å². The molecule has 1 N–H and O–H groups in total. The van der Waals surface area contributed by atoms with Crippen LogP contribution in [0.3, 0.4) is 0 Å². The van der Waals surface area contributed by atoms with Gasteiger partial charge in [-0.25, -0.2) is 0 Å². The molecule has 0 radical (unpaired) electrons. The Morgan fingerprint density at radius 2 is 1.91 bits per heavy atom. The zero-order chi connectivity index (χ0) is 16.6. The van der Waals surface area contributed by atoms with Crippen LogP contribution in [0.1, 0.15) is 25.6 Å². The highest BCUT2D eigenvalue weighted by Gasteiger charge is 2.32. The van der Waals surface area contributed by atoms with E-state index < -0.39 is 0 Å². The number of thiophene rings is 1. The van der Waals surface area contributed by atoms with Crippen molar-refractivity contribution in [3.63, 3.8) is 0 Å². The summed E-state index contributed by atoms with van der Waals surface area (Å²) in [4.78, 5) is 37.7. The number of anilines is 1. The third kappa shape index (κ3) is 3.11. The van der Waals surface area contributed by atoms with Crippen molar-refractivity contribution in [3.8, 4) is 0 Å². The monoisotopic (exact) mass is 390 g/mol. The number of rotatable bonds is 3. The maximum absolute atomic E-state index is 11.9. The van der Waals surface area contributed by atoms with Crippen molar-refractivity contribution in [3.05, 3.63) is 56.2 Å². The number of halogens is 1. The molecule has 2 heterocycles. The Balaban J connectivity index is 1.74. The SMILES string of the molecule is CN1C(=O)c2ccc(NC(=O)/C=C/c3ccc(Br)s3)cc2C1=O. The van der Waals surface area contributed by atoms with Gasteiger partial charge >= 0.3 is 0 Å². The number of nitrogens with zero attached hydrogens (tertiary/aromatic N) is 1. The minimum absolute atomic E-state index is 0.306. The Labute approximate surface area is 144 Å². The number of nitrogens with one attached hydrogen (secondary N) is 1. The van der Waals surface area contributed by atoms with Crippen molar-refractivity contribution in [1.82, 2.24) is 4.90 Å². The first-order valence-corrected chi connectivity index (χ1v) is 8.27. The summed E-state index contributed by atoms with van der Waals surface area (Å²) >= 11 is 4.87. The van der Waals surface area contributed by atoms with Gasteiger partial charge in [0.05, 0.1) is 14.9 Å². The normalized spacial score (nSPS) is 13.7. The molecule has 0 saturated heterocycles. The third-order valence-corrected chi connectivity index (χ3v) is 4.94. The Morgan fingerprint density at radius 3 is 2.61 bits per heavy atom. The van der Waals surface area contributed by atoms with Crippen LogP contribution in [-0.2, 0) is 4.79 Å². The van der Waals surface area contributed by atoms with Crippen LogP contribution >= 0.6 is 27.3 Å². The highest BCUT2D eigenvalue weighted by molar-refractivity contribution is 9.11. The lowest BCUT2D eigenvalue weighted by molar-refractivity contribution is -0.111. The summed E-state index contributed by atoms with van der Waals surface area (Å²) in [5, 5.41) is 2.68. The highest BCUT2D eigenvalue weighted by atomic mass is 79.9. The number of fused-ring (bicyclic) bond motifs is 1. The fourth-order valence-corrected chi connectivity index (χ4v) is 3.52. The summed E-state index contributed by atoms with van der Waals surface area (Å²) < 4.78 is 0.989. The molecule has 23 heavy (non-hydrogen) atoms. The van der Waals surface area contributed by atoms with Crippen molar-refractivity contribution in [1.29, 1.82) is 0 Å². The number of carbonyl (C=O) groups is 3. The van der Waals surface area contributed by atoms with Crippen molar-refractivity contribution >= 4 is 56.8 Å². The molecule has 1 aliphatic heterocycles. The summed E-state index contributed by atoms with van der Waals surface area (Å²) in [6.07, 6.45) is 3.13. The van der Waals surface area contributed by atoms with Crippen LogP contribution in [0.25, 0.3) is 6.08 Å². The molecule has 2 aromatic rings. The zero-order valence-corrected chi connectivity index (χ0v) is 14.4. The molecule has 0 aliphatic carbocycles. The Hall–Kier alpha value is -2.25. The predicted molar refractivity (Wildman–Crippen MR) is 92.5 cm³/mol. The quantitative estimate of drug-likeness (QED) is 0.645. The van der Waals surface area contributed by atoms with Crippen LogP contribution in [0.15, 0.2) is 40.2 Å². The second-order valence-electron chi connectivity index (χ2n) is 4.89. The number of hydrogen-bond donors (Lipinski definition) is 1. The molecule has 0 saturated carbocycles. The summed E-state index contributed by atoms with van der Waals surface area (Å²) in [5.74, 6) is -0.995. The Morgan fingerprint density at radius 1 is 1.17 bits per heavy atom. The standard InChI is InChI=1S/C16H11BrN2O3S/c1-19-15(21)11-5-2-9(8-12(11)16(19)22)18-14(20)7-4-10-3-6-13(17)23-10/h2-8H,1H3,(H,18,20)/b7-4+. The first-order valence-electron chi connectivity index (χ1n) is 6.66. The molecular weight excluding hydrogens is 380 g/mol. The maximum Gasteiger partial charge on any atom is 0.261 e. The fraction of sp³-hybridized carbons (Fsp3) is 0.0625. The van der Waals surface area contributed by atoms with E-state index >= 15 is 0 Å². The van der Waals surface area contributed by atoms with E-state index in [-0.39, 0.29) is 17.7 Å². The van der Waals surface area contributed by atoms with Gasteiger partial charge in [-0.3, -0.25) is 19.3 Å². The molecule has 1 aromatic carbocycles. The number of amides is 3. The van der Waals surface area contributed by atoms with Gasteiger partial charge in [0.15, 0.2) is 0 Å². The van der Waals surface area contributed by atoms with Crippen LogP contribution in [0.4, 0.5) is 5.69 Å². The van der Waals surface area contributed by atoms with Gasteiger partial charge in [0, 0.05) is 23.7 Å². The van der Waals surface area contributed by atoms with Crippen LogP contribution in [0.5, 0.6) is 0 Å². The van der Waals surface area contributed by atoms with E-state index in [1.165, 1.54) is 30.5 Å². The van der Waals surface area contributed by atoms with Gasteiger partial charge in [0.25, 0.3) is 11.8 Å². The Kier molecular flexibility index (Phi) is 4.14. The molecule has 1 aromatic heterocycles. The molecule has 116 valence electrons. The zero-order valence-electron chi connectivity index (χ0n) is 12.0. The van der Waals surface area contributed by atoms with E-state index in [4.69, 9.17) is 0 Å². The first kappa shape index (κ1) is 15.6. The molecule has 0 fully saturated rings. The molecule has 0 bridgehead atoms. The van der Waals surface area contributed by atoms with Gasteiger partial charge in [-0.1, -0.05) is 0 Å². The van der Waals surface area contributed by atoms with E-state index in [1.54, 1.807) is 18.2 Å². The number of hydrogen-bond acceptors (Lipinski definition) is 4. The van der Waals surface area contributed by atoms with Crippen LogP contribution in [-0.4, -0.2) is 29.7 Å². The molecule has 3 rings (SSSR count). The summed E-state index contributed by atoms with van der Waals surface area (Å²) in [5.41, 5.74) is 1.14. The average Bonchev–Trinajstić information content (AvgIpc) is 3.04. The second-order valence-corrected chi connectivity index (χ2v) is 7.39. The minimum Gasteiger partial charge on any atom is -0.322 e. The second kappa shape index (κ2) is 6.10. The third-order valence-electron chi connectivity index (χ3n) is 3.35. The van der Waals surface area contributed by atoms with Gasteiger partial charge in [0.1, 0.15) is 0 Å². The smallest absolute Gasteiger partial charge is 0.261 e. The van der Waals surface area contributed by atoms with E-state index in [1.807, 2.05) is 12.1 Å². The molecular formula is C16H11BrN2O3S. The predicted octanol–water partition coefficient (Wildman–Crippen LogP) is 3.39. The molecule has 3 amide bonds. The molecule has 7 heteroatoms. The summed E-state index contributed by atoms with van der Waals surface area (Å²) in [6.45, 7) is 0. The Bertz CT molecular complexity index is 857. The van der Waals surface area contributed by atoms with Crippen LogP contribution < -0.4 is 5.32 Å². The number of carbonyl (C=O) groups excluding carboxylic acids is 3. The summed E-state index contributed by atoms with van der Waals surface area (Å²) in [7, 11) is 1.44. The largest absolute Gasteiger partial charge is 0.322 e. The van der Waals surface area contributed by atoms with Gasteiger partial charge in [-0.05, 0) is 52.3 Å². The van der Waals surface area contributed by atoms with Gasteiger partial charge in [-0.15, -0.1) is 11.3 Å².